The summed E-state index contributed by atoms with van der Waals surface area (Å²) >= 11 is 5.94. The lowest BCUT2D eigenvalue weighted by atomic mass is 10.1. The Balaban J connectivity index is 1.90. The van der Waals surface area contributed by atoms with Crippen LogP contribution in [0.2, 0.25) is 5.02 Å². The maximum Gasteiger partial charge on any atom is 0.341 e. The molecule has 24 heavy (non-hydrogen) atoms. The fourth-order valence-electron chi connectivity index (χ4n) is 2.18. The number of benzene rings is 2. The fraction of sp³-hybridized carbons (Fsp3) is 0.0588. The number of halogens is 2. The molecule has 0 spiro atoms. The first-order valence-electron chi connectivity index (χ1n) is 6.82. The van der Waals surface area contributed by atoms with Gasteiger partial charge in [0.25, 0.3) is 0 Å². The SMILES string of the molecule is O=C(O)COc1ccc2c(c1)OC(=Cc1c(F)cccc1Cl)C2=O. The van der Waals surface area contributed by atoms with E-state index in [0.717, 1.165) is 0 Å². The predicted molar refractivity (Wildman–Crippen MR) is 83.9 cm³/mol. The molecule has 1 aliphatic heterocycles. The van der Waals surface area contributed by atoms with E-state index in [-0.39, 0.29) is 33.4 Å². The van der Waals surface area contributed by atoms with Crippen LogP contribution in [0, 0.1) is 5.82 Å². The molecule has 1 heterocycles. The third-order valence-corrected chi connectivity index (χ3v) is 3.61. The number of carboxylic acids is 1. The minimum atomic E-state index is -1.12. The van der Waals surface area contributed by atoms with Gasteiger partial charge in [0.2, 0.25) is 5.78 Å². The zero-order valence-electron chi connectivity index (χ0n) is 12.1. The van der Waals surface area contributed by atoms with Crippen LogP contribution in [0.5, 0.6) is 11.5 Å². The number of carbonyl (C=O) groups is 2. The summed E-state index contributed by atoms with van der Waals surface area (Å²) in [5.74, 6) is -1.74. The van der Waals surface area contributed by atoms with Crippen molar-refractivity contribution < 1.29 is 28.6 Å². The van der Waals surface area contributed by atoms with E-state index in [0.29, 0.717) is 0 Å². The molecule has 7 heteroatoms. The molecular formula is C17H10ClFO5. The summed E-state index contributed by atoms with van der Waals surface area (Å²) in [6, 6.07) is 8.50. The van der Waals surface area contributed by atoms with Crippen LogP contribution in [0.15, 0.2) is 42.2 Å². The topological polar surface area (TPSA) is 72.8 Å². The van der Waals surface area contributed by atoms with E-state index in [4.69, 9.17) is 26.2 Å². The summed E-state index contributed by atoms with van der Waals surface area (Å²) in [6.45, 7) is -0.514. The highest BCUT2D eigenvalue weighted by molar-refractivity contribution is 6.32. The van der Waals surface area contributed by atoms with Crippen molar-refractivity contribution in [3.63, 3.8) is 0 Å². The highest BCUT2D eigenvalue weighted by Gasteiger charge is 2.28. The molecule has 0 bridgehead atoms. The second kappa shape index (κ2) is 6.33. The predicted octanol–water partition coefficient (Wildman–Crippen LogP) is 3.56. The summed E-state index contributed by atoms with van der Waals surface area (Å²) < 4.78 is 24.3. The summed E-state index contributed by atoms with van der Waals surface area (Å²) in [7, 11) is 0. The monoisotopic (exact) mass is 348 g/mol. The molecule has 2 aromatic rings. The third kappa shape index (κ3) is 3.09. The average molecular weight is 349 g/mol. The van der Waals surface area contributed by atoms with Crippen LogP contribution in [0.25, 0.3) is 6.08 Å². The Bertz CT molecular complexity index is 855. The van der Waals surface area contributed by atoms with Gasteiger partial charge >= 0.3 is 5.97 Å². The van der Waals surface area contributed by atoms with Crippen molar-refractivity contribution in [3.05, 3.63) is 64.1 Å². The van der Waals surface area contributed by atoms with Gasteiger partial charge in [0.05, 0.1) is 10.6 Å². The van der Waals surface area contributed by atoms with Crippen LogP contribution in [0.1, 0.15) is 15.9 Å². The number of hydrogen-bond donors (Lipinski definition) is 1. The molecule has 0 atom stereocenters. The second-order valence-electron chi connectivity index (χ2n) is 4.92. The number of carbonyl (C=O) groups excluding carboxylic acids is 1. The Morgan fingerprint density at radius 2 is 2.12 bits per heavy atom. The molecule has 2 aromatic carbocycles. The molecule has 0 amide bonds. The standard InChI is InChI=1S/C17H10ClFO5/c18-12-2-1-3-13(19)11(12)7-15-17(22)10-5-4-9(6-14(10)24-15)23-8-16(20)21/h1-7H,8H2,(H,20,21). The highest BCUT2D eigenvalue weighted by Crippen LogP contribution is 2.35. The van der Waals surface area contributed by atoms with Gasteiger partial charge in [-0.25, -0.2) is 9.18 Å². The first-order valence-corrected chi connectivity index (χ1v) is 7.20. The molecule has 1 N–H and O–H groups in total. The van der Waals surface area contributed by atoms with E-state index >= 15 is 0 Å². The molecule has 122 valence electrons. The average Bonchev–Trinajstić information content (AvgIpc) is 2.85. The van der Waals surface area contributed by atoms with Gasteiger partial charge in [-0.05, 0) is 30.3 Å². The maximum atomic E-state index is 13.8. The van der Waals surface area contributed by atoms with E-state index < -0.39 is 24.2 Å². The summed E-state index contributed by atoms with van der Waals surface area (Å²) in [6.07, 6.45) is 1.23. The molecule has 0 saturated heterocycles. The van der Waals surface area contributed by atoms with Crippen molar-refractivity contribution in [3.8, 4) is 11.5 Å². The molecule has 3 rings (SSSR count). The molecule has 0 aromatic heterocycles. The lowest BCUT2D eigenvalue weighted by molar-refractivity contribution is -0.139. The smallest absolute Gasteiger partial charge is 0.341 e. The van der Waals surface area contributed by atoms with Crippen molar-refractivity contribution >= 4 is 29.4 Å². The van der Waals surface area contributed by atoms with Crippen molar-refractivity contribution in [2.24, 2.45) is 0 Å². The van der Waals surface area contributed by atoms with Crippen molar-refractivity contribution in [2.45, 2.75) is 0 Å². The van der Waals surface area contributed by atoms with E-state index in [1.807, 2.05) is 0 Å². The van der Waals surface area contributed by atoms with Gasteiger partial charge in [-0.1, -0.05) is 17.7 Å². The van der Waals surface area contributed by atoms with Crippen LogP contribution < -0.4 is 9.47 Å². The molecular weight excluding hydrogens is 339 g/mol. The van der Waals surface area contributed by atoms with Gasteiger partial charge in [-0.2, -0.15) is 0 Å². The van der Waals surface area contributed by atoms with Crippen LogP contribution in [0.3, 0.4) is 0 Å². The minimum Gasteiger partial charge on any atom is -0.482 e. The maximum absolute atomic E-state index is 13.8. The minimum absolute atomic E-state index is 0.0534. The largest absolute Gasteiger partial charge is 0.482 e. The first kappa shape index (κ1) is 16.0. The molecule has 0 fully saturated rings. The molecule has 0 unspecified atom stereocenters. The number of allylic oxidation sites excluding steroid dienone is 1. The molecule has 0 aliphatic carbocycles. The lowest BCUT2D eigenvalue weighted by Gasteiger charge is -2.04. The molecule has 1 aliphatic rings. The van der Waals surface area contributed by atoms with Crippen LogP contribution in [-0.2, 0) is 4.79 Å². The van der Waals surface area contributed by atoms with Gasteiger partial charge in [0.15, 0.2) is 12.4 Å². The molecule has 5 nitrogen and oxygen atoms in total. The van der Waals surface area contributed by atoms with Crippen molar-refractivity contribution in [1.29, 1.82) is 0 Å². The third-order valence-electron chi connectivity index (χ3n) is 3.28. The zero-order chi connectivity index (χ0) is 17.3. The summed E-state index contributed by atoms with van der Waals surface area (Å²) in [4.78, 5) is 22.8. The van der Waals surface area contributed by atoms with Gasteiger partial charge in [0.1, 0.15) is 17.3 Å². The molecule has 0 saturated carbocycles. The van der Waals surface area contributed by atoms with Crippen LogP contribution in [-0.4, -0.2) is 23.5 Å². The number of hydrogen-bond acceptors (Lipinski definition) is 4. The van der Waals surface area contributed by atoms with E-state index in [9.17, 15) is 14.0 Å². The van der Waals surface area contributed by atoms with E-state index in [1.54, 1.807) is 0 Å². The van der Waals surface area contributed by atoms with Gasteiger partial charge in [0, 0.05) is 11.6 Å². The van der Waals surface area contributed by atoms with E-state index in [2.05, 4.69) is 0 Å². The van der Waals surface area contributed by atoms with Crippen molar-refractivity contribution in [1.82, 2.24) is 0 Å². The number of fused-ring (bicyclic) bond motifs is 1. The van der Waals surface area contributed by atoms with Crippen LogP contribution in [0.4, 0.5) is 4.39 Å². The Kier molecular flexibility index (Phi) is 4.22. The van der Waals surface area contributed by atoms with Gasteiger partial charge < -0.3 is 14.6 Å². The number of rotatable bonds is 4. The first-order chi connectivity index (χ1) is 11.5. The normalized spacial score (nSPS) is 14.4. The van der Waals surface area contributed by atoms with Crippen molar-refractivity contribution in [2.75, 3.05) is 6.61 Å². The van der Waals surface area contributed by atoms with Gasteiger partial charge in [-0.3, -0.25) is 4.79 Å². The zero-order valence-corrected chi connectivity index (χ0v) is 12.8. The van der Waals surface area contributed by atoms with E-state index in [1.165, 1.54) is 42.5 Å². The number of carboxylic acid groups (broad SMARTS) is 1. The fourth-order valence-corrected chi connectivity index (χ4v) is 2.40. The van der Waals surface area contributed by atoms with Gasteiger partial charge in [-0.15, -0.1) is 0 Å². The summed E-state index contributed by atoms with van der Waals surface area (Å²) in [5, 5.41) is 8.75. The van der Waals surface area contributed by atoms with Crippen LogP contribution >= 0.6 is 11.6 Å². The molecule has 0 radical (unpaired) electrons. The Hall–Kier alpha value is -2.86. The number of ether oxygens (including phenoxy) is 2. The second-order valence-corrected chi connectivity index (χ2v) is 5.32. The lowest BCUT2D eigenvalue weighted by Crippen LogP contribution is -2.09. The Morgan fingerprint density at radius 3 is 2.83 bits per heavy atom. The quantitative estimate of drug-likeness (QED) is 0.855. The Labute approximate surface area is 140 Å². The summed E-state index contributed by atoms with van der Waals surface area (Å²) in [5.41, 5.74) is 0.328. The number of aliphatic carboxylic acids is 1. The Morgan fingerprint density at radius 1 is 1.33 bits per heavy atom. The highest BCUT2D eigenvalue weighted by atomic mass is 35.5. The number of ketones is 1. The number of Topliss-reactive ketones (excluding diaryl/α,β-unsaturated/α-hetero) is 1.